The molecule has 0 aromatic carbocycles. The van der Waals surface area contributed by atoms with E-state index in [9.17, 15) is 0 Å². The molecule has 0 saturated carbocycles. The molecule has 0 aliphatic rings. The van der Waals surface area contributed by atoms with Crippen LogP contribution >= 0.6 is 0 Å². The van der Waals surface area contributed by atoms with Crippen LogP contribution in [0.5, 0.6) is 0 Å². The van der Waals surface area contributed by atoms with E-state index in [1.165, 1.54) is 0 Å². The predicted molar refractivity (Wildman–Crippen MR) is 44.0 cm³/mol. The second kappa shape index (κ2) is 5.61. The topological polar surface area (TPSA) is 44.5 Å². The van der Waals surface area contributed by atoms with Gasteiger partial charge in [0.15, 0.2) is 0 Å². The van der Waals surface area contributed by atoms with E-state index in [4.69, 9.17) is 14.6 Å². The van der Waals surface area contributed by atoms with Gasteiger partial charge in [-0.2, -0.15) is 0 Å². The Kier molecular flexibility index (Phi) is 5.52. The highest BCUT2D eigenvalue weighted by molar-refractivity contribution is 6.46. The molecule has 3 nitrogen and oxygen atoms in total. The Morgan fingerprint density at radius 1 is 1.60 bits per heavy atom. The van der Waals surface area contributed by atoms with Gasteiger partial charge in [0.05, 0.1) is 0 Å². The molecule has 0 radical (unpaired) electrons. The van der Waals surface area contributed by atoms with Crippen molar-refractivity contribution in [3.63, 3.8) is 0 Å². The first kappa shape index (κ1) is 9.84. The smallest absolute Gasteiger partial charge is 0.338 e. The summed E-state index contributed by atoms with van der Waals surface area (Å²) in [6.07, 6.45) is 2.54. The van der Waals surface area contributed by atoms with E-state index >= 15 is 0 Å². The lowest BCUT2D eigenvalue weighted by Gasteiger charge is -2.16. The molecule has 0 amide bonds. The van der Waals surface area contributed by atoms with Crippen molar-refractivity contribution in [1.29, 1.82) is 0 Å². The molecule has 0 saturated heterocycles. The summed E-state index contributed by atoms with van der Waals surface area (Å²) in [7, 11) is 1.66. The van der Waals surface area contributed by atoms with Crippen molar-refractivity contribution >= 4 is 9.28 Å². The van der Waals surface area contributed by atoms with Gasteiger partial charge in [-0.15, -0.1) is 6.58 Å². The Hall–Kier alpha value is -0.163. The molecular weight excluding hydrogens is 146 g/mol. The van der Waals surface area contributed by atoms with Crippen LogP contribution in [0.1, 0.15) is 6.42 Å². The Bertz CT molecular complexity index is 95.7. The average Bonchev–Trinajstić information content (AvgIpc) is 1.91. The van der Waals surface area contributed by atoms with Gasteiger partial charge in [-0.1, -0.05) is 6.08 Å². The molecule has 60 valence electrons. The standard InChI is InChI=1S/C6H15NO2Si/c1-4-5-6(7)10(8-2)9-3/h4,6,10H,1,5,7H2,2-3H3. The summed E-state index contributed by atoms with van der Waals surface area (Å²) < 4.78 is 10.1. The molecule has 0 heterocycles. The maximum Gasteiger partial charge on any atom is 0.338 e. The molecule has 0 aromatic heterocycles. The maximum atomic E-state index is 5.69. The monoisotopic (exact) mass is 161 g/mol. The van der Waals surface area contributed by atoms with Crippen LogP contribution in [-0.4, -0.2) is 29.2 Å². The largest absolute Gasteiger partial charge is 0.399 e. The van der Waals surface area contributed by atoms with Crippen molar-refractivity contribution in [2.24, 2.45) is 5.73 Å². The first-order chi connectivity index (χ1) is 4.76. The highest BCUT2D eigenvalue weighted by atomic mass is 28.3. The second-order valence-electron chi connectivity index (χ2n) is 2.03. The van der Waals surface area contributed by atoms with Gasteiger partial charge in [0, 0.05) is 19.9 Å². The average molecular weight is 161 g/mol. The zero-order valence-corrected chi connectivity index (χ0v) is 7.69. The summed E-state index contributed by atoms with van der Waals surface area (Å²) in [4.78, 5) is 0. The van der Waals surface area contributed by atoms with E-state index in [0.717, 1.165) is 6.42 Å². The third kappa shape index (κ3) is 3.12. The molecule has 0 aliphatic heterocycles. The Morgan fingerprint density at radius 3 is 2.40 bits per heavy atom. The highest BCUT2D eigenvalue weighted by Gasteiger charge is 2.17. The van der Waals surface area contributed by atoms with Crippen molar-refractivity contribution in [1.82, 2.24) is 0 Å². The quantitative estimate of drug-likeness (QED) is 0.454. The predicted octanol–water partition coefficient (Wildman–Crippen LogP) is -0.0577. The van der Waals surface area contributed by atoms with Crippen molar-refractivity contribution in [3.05, 3.63) is 12.7 Å². The minimum Gasteiger partial charge on any atom is -0.399 e. The third-order valence-electron chi connectivity index (χ3n) is 1.25. The normalized spacial score (nSPS) is 13.6. The summed E-state index contributed by atoms with van der Waals surface area (Å²) in [5, 5.41) is 0. The fraction of sp³-hybridized carbons (Fsp3) is 0.667. The van der Waals surface area contributed by atoms with Crippen LogP contribution < -0.4 is 5.73 Å². The molecular formula is C6H15NO2Si. The van der Waals surface area contributed by atoms with Crippen molar-refractivity contribution in [2.45, 2.75) is 12.1 Å². The SMILES string of the molecule is C=CCC(N)[SiH](OC)OC. The summed E-state index contributed by atoms with van der Waals surface area (Å²) in [5.74, 6) is 0. The first-order valence-corrected chi connectivity index (χ1v) is 4.79. The summed E-state index contributed by atoms with van der Waals surface area (Å²) in [6, 6.07) is 0. The van der Waals surface area contributed by atoms with Crippen LogP contribution in [0.2, 0.25) is 0 Å². The lowest BCUT2D eigenvalue weighted by Crippen LogP contribution is -2.41. The van der Waals surface area contributed by atoms with Gasteiger partial charge in [0.1, 0.15) is 0 Å². The fourth-order valence-corrected chi connectivity index (χ4v) is 2.06. The molecule has 0 fully saturated rings. The van der Waals surface area contributed by atoms with Gasteiger partial charge < -0.3 is 14.6 Å². The molecule has 2 N–H and O–H groups in total. The van der Waals surface area contributed by atoms with Crippen LogP contribution in [0.3, 0.4) is 0 Å². The van der Waals surface area contributed by atoms with Crippen LogP contribution in [0.25, 0.3) is 0 Å². The van der Waals surface area contributed by atoms with Gasteiger partial charge in [0.2, 0.25) is 0 Å². The molecule has 0 spiro atoms. The zero-order valence-electron chi connectivity index (χ0n) is 6.54. The number of hydrogen-bond donors (Lipinski definition) is 1. The van der Waals surface area contributed by atoms with Gasteiger partial charge in [-0.25, -0.2) is 0 Å². The van der Waals surface area contributed by atoms with Crippen molar-refractivity contribution < 1.29 is 8.85 Å². The second-order valence-corrected chi connectivity index (χ2v) is 4.56. The molecule has 0 rings (SSSR count). The molecule has 1 unspecified atom stereocenters. The summed E-state index contributed by atoms with van der Waals surface area (Å²) in [6.45, 7) is 3.58. The van der Waals surface area contributed by atoms with Crippen LogP contribution in [0.4, 0.5) is 0 Å². The van der Waals surface area contributed by atoms with Crippen LogP contribution in [0, 0.1) is 0 Å². The number of rotatable bonds is 5. The summed E-state index contributed by atoms with van der Waals surface area (Å²) in [5.41, 5.74) is 5.71. The molecule has 0 aliphatic carbocycles. The molecule has 10 heavy (non-hydrogen) atoms. The molecule has 0 bridgehead atoms. The molecule has 1 atom stereocenters. The molecule has 0 aromatic rings. The van der Waals surface area contributed by atoms with Gasteiger partial charge in [-0.05, 0) is 6.42 Å². The third-order valence-corrected chi connectivity index (χ3v) is 3.15. The van der Waals surface area contributed by atoms with E-state index in [-0.39, 0.29) is 5.67 Å². The van der Waals surface area contributed by atoms with Crippen LogP contribution in [-0.2, 0) is 8.85 Å². The van der Waals surface area contributed by atoms with Gasteiger partial charge in [-0.3, -0.25) is 0 Å². The van der Waals surface area contributed by atoms with E-state index in [1.54, 1.807) is 20.3 Å². The van der Waals surface area contributed by atoms with Crippen molar-refractivity contribution in [2.75, 3.05) is 14.2 Å². The minimum absolute atomic E-state index is 0.0208. The number of hydrogen-bond acceptors (Lipinski definition) is 3. The fourth-order valence-electron chi connectivity index (χ4n) is 0.749. The lowest BCUT2D eigenvalue weighted by atomic mass is 10.4. The maximum absolute atomic E-state index is 5.69. The number of nitrogens with two attached hydrogens (primary N) is 1. The first-order valence-electron chi connectivity index (χ1n) is 3.18. The Balaban J connectivity index is 3.63. The lowest BCUT2D eigenvalue weighted by molar-refractivity contribution is 0.266. The minimum atomic E-state index is -1.60. The van der Waals surface area contributed by atoms with E-state index in [1.807, 2.05) is 0 Å². The van der Waals surface area contributed by atoms with E-state index in [2.05, 4.69) is 6.58 Å². The van der Waals surface area contributed by atoms with Crippen molar-refractivity contribution in [3.8, 4) is 0 Å². The van der Waals surface area contributed by atoms with E-state index < -0.39 is 9.28 Å². The Labute approximate surface area is 63.7 Å². The van der Waals surface area contributed by atoms with Gasteiger partial charge in [0.25, 0.3) is 0 Å². The van der Waals surface area contributed by atoms with Crippen LogP contribution in [0.15, 0.2) is 12.7 Å². The summed E-state index contributed by atoms with van der Waals surface area (Å²) >= 11 is 0. The van der Waals surface area contributed by atoms with Gasteiger partial charge >= 0.3 is 9.28 Å². The highest BCUT2D eigenvalue weighted by Crippen LogP contribution is 1.96. The molecule has 4 heteroatoms. The Morgan fingerprint density at radius 2 is 2.10 bits per heavy atom. The zero-order chi connectivity index (χ0) is 7.98. The van der Waals surface area contributed by atoms with E-state index in [0.29, 0.717) is 0 Å².